The summed E-state index contributed by atoms with van der Waals surface area (Å²) in [7, 11) is 0. The fraction of sp³-hybridized carbons (Fsp3) is 0.364. The van der Waals surface area contributed by atoms with Crippen molar-refractivity contribution in [2.45, 2.75) is 26.9 Å². The fourth-order valence-electron chi connectivity index (χ4n) is 2.97. The van der Waals surface area contributed by atoms with E-state index in [4.69, 9.17) is 25.8 Å². The molecule has 3 rings (SSSR count). The van der Waals surface area contributed by atoms with Gasteiger partial charge in [-0.1, -0.05) is 23.7 Å². The molecule has 2 aromatic rings. The summed E-state index contributed by atoms with van der Waals surface area (Å²) in [5.41, 5.74) is 2.24. The molecule has 0 radical (unpaired) electrons. The molecule has 0 aliphatic carbocycles. The highest BCUT2D eigenvalue weighted by Crippen LogP contribution is 2.42. The van der Waals surface area contributed by atoms with Crippen LogP contribution in [0, 0.1) is 0 Å². The zero-order chi connectivity index (χ0) is 21.9. The smallest absolute Gasteiger partial charge is 0.302 e. The first-order valence-corrected chi connectivity index (χ1v) is 10.0. The SMILES string of the molecule is CCOC(C)=O.CCOC(c1cc(Cl)ccc1NC=O)c1cccc2c1OCCO2. The van der Waals surface area contributed by atoms with Crippen LogP contribution in [-0.2, 0) is 19.1 Å². The molecule has 1 amide bonds. The van der Waals surface area contributed by atoms with E-state index >= 15 is 0 Å². The van der Waals surface area contributed by atoms with Crippen molar-refractivity contribution in [2.24, 2.45) is 0 Å². The van der Waals surface area contributed by atoms with Gasteiger partial charge in [0.2, 0.25) is 6.41 Å². The normalized spacial score (nSPS) is 12.8. The molecule has 30 heavy (non-hydrogen) atoms. The van der Waals surface area contributed by atoms with Crippen molar-refractivity contribution in [1.29, 1.82) is 0 Å². The third-order valence-electron chi connectivity index (χ3n) is 4.07. The predicted octanol–water partition coefficient (Wildman–Crippen LogP) is 4.37. The summed E-state index contributed by atoms with van der Waals surface area (Å²) in [5, 5.41) is 3.26. The molecule has 8 heteroatoms. The van der Waals surface area contributed by atoms with E-state index in [1.54, 1.807) is 25.1 Å². The van der Waals surface area contributed by atoms with E-state index in [9.17, 15) is 9.59 Å². The number of ether oxygens (including phenoxy) is 4. The van der Waals surface area contributed by atoms with Crippen LogP contribution in [0.25, 0.3) is 0 Å². The Balaban J connectivity index is 0.000000469. The highest BCUT2D eigenvalue weighted by atomic mass is 35.5. The van der Waals surface area contributed by atoms with E-state index in [1.165, 1.54) is 6.92 Å². The Morgan fingerprint density at radius 2 is 1.93 bits per heavy atom. The van der Waals surface area contributed by atoms with Gasteiger partial charge in [0, 0.05) is 35.4 Å². The van der Waals surface area contributed by atoms with E-state index in [2.05, 4.69) is 10.1 Å². The van der Waals surface area contributed by atoms with Crippen molar-refractivity contribution in [3.8, 4) is 11.5 Å². The summed E-state index contributed by atoms with van der Waals surface area (Å²) in [6, 6.07) is 11.0. The van der Waals surface area contributed by atoms with Crippen molar-refractivity contribution in [3.63, 3.8) is 0 Å². The van der Waals surface area contributed by atoms with E-state index in [1.807, 2.05) is 25.1 Å². The lowest BCUT2D eigenvalue weighted by atomic mass is 9.98. The van der Waals surface area contributed by atoms with Crippen molar-refractivity contribution >= 4 is 29.7 Å². The topological polar surface area (TPSA) is 83.1 Å². The summed E-state index contributed by atoms with van der Waals surface area (Å²) in [5.74, 6) is 1.15. The highest BCUT2D eigenvalue weighted by Gasteiger charge is 2.26. The van der Waals surface area contributed by atoms with Gasteiger partial charge in [0.25, 0.3) is 0 Å². The number of carbonyl (C=O) groups excluding carboxylic acids is 2. The number of rotatable bonds is 7. The molecule has 1 N–H and O–H groups in total. The van der Waals surface area contributed by atoms with Crippen LogP contribution in [0.1, 0.15) is 38.0 Å². The van der Waals surface area contributed by atoms with E-state index in [-0.39, 0.29) is 5.97 Å². The summed E-state index contributed by atoms with van der Waals surface area (Å²) in [6.45, 7) is 7.06. The van der Waals surface area contributed by atoms with Crippen LogP contribution in [0.15, 0.2) is 36.4 Å². The average molecular weight is 436 g/mol. The van der Waals surface area contributed by atoms with Gasteiger partial charge in [-0.15, -0.1) is 0 Å². The number of hydrogen-bond donors (Lipinski definition) is 1. The van der Waals surface area contributed by atoms with Gasteiger partial charge in [0.1, 0.15) is 19.3 Å². The van der Waals surface area contributed by atoms with Gasteiger partial charge in [-0.3, -0.25) is 9.59 Å². The number of halogens is 1. The molecule has 1 aliphatic rings. The Kier molecular flexibility index (Phi) is 9.44. The van der Waals surface area contributed by atoms with Gasteiger partial charge < -0.3 is 24.3 Å². The molecule has 1 unspecified atom stereocenters. The molecule has 1 atom stereocenters. The Hall–Kier alpha value is -2.77. The van der Waals surface area contributed by atoms with Gasteiger partial charge >= 0.3 is 5.97 Å². The van der Waals surface area contributed by atoms with Crippen LogP contribution >= 0.6 is 11.6 Å². The Morgan fingerprint density at radius 3 is 2.57 bits per heavy atom. The zero-order valence-electron chi connectivity index (χ0n) is 17.3. The van der Waals surface area contributed by atoms with Crippen LogP contribution in [0.5, 0.6) is 11.5 Å². The lowest BCUT2D eigenvalue weighted by molar-refractivity contribution is -0.140. The molecule has 0 bridgehead atoms. The number of nitrogens with one attached hydrogen (secondary N) is 1. The molecule has 162 valence electrons. The second kappa shape index (κ2) is 12.0. The Labute approximate surface area is 181 Å². The molecular formula is C22H26ClNO6. The average Bonchev–Trinajstić information content (AvgIpc) is 2.74. The molecule has 0 saturated heterocycles. The summed E-state index contributed by atoms with van der Waals surface area (Å²) < 4.78 is 21.8. The fourth-order valence-corrected chi connectivity index (χ4v) is 3.15. The summed E-state index contributed by atoms with van der Waals surface area (Å²) in [4.78, 5) is 20.8. The molecule has 0 aromatic heterocycles. The van der Waals surface area contributed by atoms with Gasteiger partial charge in [-0.2, -0.15) is 0 Å². The van der Waals surface area contributed by atoms with Crippen LogP contribution in [0.4, 0.5) is 5.69 Å². The van der Waals surface area contributed by atoms with Crippen molar-refractivity contribution in [1.82, 2.24) is 0 Å². The van der Waals surface area contributed by atoms with Crippen LogP contribution < -0.4 is 14.8 Å². The second-order valence-corrected chi connectivity index (χ2v) is 6.56. The third-order valence-corrected chi connectivity index (χ3v) is 4.31. The number of fused-ring (bicyclic) bond motifs is 1. The van der Waals surface area contributed by atoms with Gasteiger partial charge in [-0.25, -0.2) is 0 Å². The number of benzene rings is 2. The van der Waals surface area contributed by atoms with Crippen LogP contribution in [0.3, 0.4) is 0 Å². The first-order chi connectivity index (χ1) is 14.5. The molecule has 2 aromatic carbocycles. The maximum absolute atomic E-state index is 10.9. The number of esters is 1. The summed E-state index contributed by atoms with van der Waals surface area (Å²) in [6.07, 6.45) is 0.198. The first kappa shape index (κ1) is 23.5. The van der Waals surface area contributed by atoms with Gasteiger partial charge in [0.05, 0.1) is 6.61 Å². The molecule has 1 heterocycles. The number of anilines is 1. The maximum Gasteiger partial charge on any atom is 0.302 e. The van der Waals surface area contributed by atoms with Crippen molar-refractivity contribution in [2.75, 3.05) is 31.7 Å². The Morgan fingerprint density at radius 1 is 1.17 bits per heavy atom. The second-order valence-electron chi connectivity index (χ2n) is 6.13. The molecular weight excluding hydrogens is 410 g/mol. The minimum atomic E-state index is -0.437. The number of carbonyl (C=O) groups is 2. The molecule has 7 nitrogen and oxygen atoms in total. The quantitative estimate of drug-likeness (QED) is 0.513. The third kappa shape index (κ3) is 6.37. The minimum absolute atomic E-state index is 0.211. The van der Waals surface area contributed by atoms with Crippen LogP contribution in [-0.4, -0.2) is 38.8 Å². The zero-order valence-corrected chi connectivity index (χ0v) is 18.0. The first-order valence-electron chi connectivity index (χ1n) is 9.64. The van der Waals surface area contributed by atoms with Gasteiger partial charge in [0.15, 0.2) is 11.5 Å². The molecule has 0 spiro atoms. The maximum atomic E-state index is 10.9. The van der Waals surface area contributed by atoms with Gasteiger partial charge in [-0.05, 0) is 38.1 Å². The highest BCUT2D eigenvalue weighted by molar-refractivity contribution is 6.30. The minimum Gasteiger partial charge on any atom is -0.486 e. The number of amides is 1. The predicted molar refractivity (Wildman–Crippen MR) is 114 cm³/mol. The van der Waals surface area contributed by atoms with Crippen molar-refractivity contribution in [3.05, 3.63) is 52.5 Å². The lowest BCUT2D eigenvalue weighted by Crippen LogP contribution is -2.18. The standard InChI is InChI=1S/C18H18ClNO4.C4H8O2/c1-2-22-17(14-10-12(19)6-7-15(14)20-11-21)13-4-3-5-16-18(13)24-9-8-23-16;1-3-6-4(2)5/h3-7,10-11,17H,2,8-9H2,1H3,(H,20,21);3H2,1-2H3. The van der Waals surface area contributed by atoms with E-state index < -0.39 is 6.10 Å². The molecule has 0 saturated carbocycles. The van der Waals surface area contributed by atoms with Crippen molar-refractivity contribution < 1.29 is 28.5 Å². The van der Waals surface area contributed by atoms with Crippen LogP contribution in [0.2, 0.25) is 5.02 Å². The Bertz CT molecular complexity index is 858. The largest absolute Gasteiger partial charge is 0.486 e. The van der Waals surface area contributed by atoms with E-state index in [0.717, 1.165) is 11.1 Å². The molecule has 0 fully saturated rings. The number of para-hydroxylation sites is 1. The van der Waals surface area contributed by atoms with E-state index in [0.29, 0.717) is 55.0 Å². The number of hydrogen-bond acceptors (Lipinski definition) is 6. The monoisotopic (exact) mass is 435 g/mol. The lowest BCUT2D eigenvalue weighted by Gasteiger charge is -2.26. The molecule has 1 aliphatic heterocycles. The summed E-state index contributed by atoms with van der Waals surface area (Å²) >= 11 is 6.16.